The number of amides is 2. The van der Waals surface area contributed by atoms with Crippen LogP contribution in [0.3, 0.4) is 0 Å². The lowest BCUT2D eigenvalue weighted by Gasteiger charge is -2.38. The molecule has 0 spiro atoms. The van der Waals surface area contributed by atoms with Gasteiger partial charge in [-0.05, 0) is 55.7 Å². The number of nitrogens with zero attached hydrogens (tertiary/aromatic N) is 2. The minimum atomic E-state index is -0.303. The maximum Gasteiger partial charge on any atom is 0.227 e. The number of halogens is 1. The molecule has 5 nitrogen and oxygen atoms in total. The summed E-state index contributed by atoms with van der Waals surface area (Å²) in [6.45, 7) is 3.22. The molecule has 0 radical (unpaired) electrons. The van der Waals surface area contributed by atoms with Gasteiger partial charge in [0.15, 0.2) is 0 Å². The van der Waals surface area contributed by atoms with Crippen molar-refractivity contribution < 1.29 is 18.7 Å². The topological polar surface area (TPSA) is 49.9 Å². The van der Waals surface area contributed by atoms with Gasteiger partial charge in [-0.3, -0.25) is 9.59 Å². The quantitative estimate of drug-likeness (QED) is 0.672. The van der Waals surface area contributed by atoms with Gasteiger partial charge in [0.2, 0.25) is 11.8 Å². The van der Waals surface area contributed by atoms with E-state index in [1.807, 2.05) is 11.0 Å². The van der Waals surface area contributed by atoms with E-state index in [-0.39, 0.29) is 23.5 Å². The Labute approximate surface area is 166 Å². The molecule has 2 amide bonds. The highest BCUT2D eigenvalue weighted by atomic mass is 19.1. The first-order valence-electron chi connectivity index (χ1n) is 10.4. The van der Waals surface area contributed by atoms with Crippen LogP contribution in [0.25, 0.3) is 0 Å². The molecule has 1 aromatic carbocycles. The highest BCUT2D eigenvalue weighted by molar-refractivity contribution is 5.84. The number of ether oxygens (including phenoxy) is 1. The molecular weight excluding hydrogens is 359 g/mol. The van der Waals surface area contributed by atoms with Crippen LogP contribution in [0.4, 0.5) is 4.39 Å². The molecule has 28 heavy (non-hydrogen) atoms. The molecule has 0 bridgehead atoms. The molecule has 2 aliphatic rings. The van der Waals surface area contributed by atoms with Gasteiger partial charge in [0.1, 0.15) is 5.82 Å². The minimum Gasteiger partial charge on any atom is -0.385 e. The molecule has 0 aromatic heterocycles. The summed E-state index contributed by atoms with van der Waals surface area (Å²) in [6.07, 6.45) is 5.34. The molecular formula is C22H31FN2O3. The fourth-order valence-electron chi connectivity index (χ4n) is 4.34. The van der Waals surface area contributed by atoms with Gasteiger partial charge < -0.3 is 14.5 Å². The summed E-state index contributed by atoms with van der Waals surface area (Å²) in [4.78, 5) is 29.0. The highest BCUT2D eigenvalue weighted by Gasteiger charge is 2.34. The standard InChI is InChI=1S/C22H31FN2O3/c1-28-13-3-5-17-9-11-24(12-10-17)22(27)19-7-8-21(26)25(16-19)15-18-4-2-6-20(23)14-18/h2,4,6,14,17,19H,3,5,7-13,15-16H2,1H3/t19-/m1/s1. The van der Waals surface area contributed by atoms with Gasteiger partial charge in [-0.25, -0.2) is 4.39 Å². The van der Waals surface area contributed by atoms with E-state index in [1.165, 1.54) is 12.1 Å². The number of hydrogen-bond acceptors (Lipinski definition) is 3. The van der Waals surface area contributed by atoms with Gasteiger partial charge in [-0.2, -0.15) is 0 Å². The van der Waals surface area contributed by atoms with Crippen LogP contribution in [0.5, 0.6) is 0 Å². The molecule has 2 heterocycles. The first-order valence-corrected chi connectivity index (χ1v) is 10.4. The molecule has 2 fully saturated rings. The van der Waals surface area contributed by atoms with E-state index in [1.54, 1.807) is 18.1 Å². The molecule has 6 heteroatoms. The number of carbonyl (C=O) groups excluding carboxylic acids is 2. The Morgan fingerprint density at radius 1 is 1.25 bits per heavy atom. The third kappa shape index (κ3) is 5.53. The van der Waals surface area contributed by atoms with Crippen molar-refractivity contribution in [2.45, 2.75) is 45.1 Å². The van der Waals surface area contributed by atoms with E-state index in [0.29, 0.717) is 31.8 Å². The Balaban J connectivity index is 1.51. The van der Waals surface area contributed by atoms with Gasteiger partial charge in [-0.15, -0.1) is 0 Å². The van der Waals surface area contributed by atoms with Crippen molar-refractivity contribution in [3.8, 4) is 0 Å². The van der Waals surface area contributed by atoms with Crippen LogP contribution in [0.15, 0.2) is 24.3 Å². The van der Waals surface area contributed by atoms with E-state index < -0.39 is 0 Å². The third-order valence-electron chi connectivity index (χ3n) is 6.00. The van der Waals surface area contributed by atoms with Gasteiger partial charge in [0.05, 0.1) is 5.92 Å². The number of benzene rings is 1. The zero-order chi connectivity index (χ0) is 19.9. The van der Waals surface area contributed by atoms with Gasteiger partial charge in [-0.1, -0.05) is 12.1 Å². The van der Waals surface area contributed by atoms with Gasteiger partial charge >= 0.3 is 0 Å². The van der Waals surface area contributed by atoms with Crippen LogP contribution in [0.2, 0.25) is 0 Å². The Hall–Kier alpha value is -1.95. The van der Waals surface area contributed by atoms with Crippen molar-refractivity contribution in [1.29, 1.82) is 0 Å². The fourth-order valence-corrected chi connectivity index (χ4v) is 4.34. The Kier molecular flexibility index (Phi) is 7.43. The van der Waals surface area contributed by atoms with Gasteiger partial charge in [0, 0.05) is 46.3 Å². The molecule has 2 aliphatic heterocycles. The Morgan fingerprint density at radius 3 is 2.75 bits per heavy atom. The predicted molar refractivity (Wildman–Crippen MR) is 105 cm³/mol. The van der Waals surface area contributed by atoms with Crippen molar-refractivity contribution in [2.75, 3.05) is 33.4 Å². The zero-order valence-corrected chi connectivity index (χ0v) is 16.7. The van der Waals surface area contributed by atoms with Crippen LogP contribution in [-0.4, -0.2) is 55.0 Å². The van der Waals surface area contributed by atoms with Gasteiger partial charge in [0.25, 0.3) is 0 Å². The van der Waals surface area contributed by atoms with Crippen molar-refractivity contribution in [3.05, 3.63) is 35.6 Å². The Bertz CT molecular complexity index is 674. The van der Waals surface area contributed by atoms with E-state index in [9.17, 15) is 14.0 Å². The number of piperidine rings is 2. The molecule has 0 N–H and O–H groups in total. The summed E-state index contributed by atoms with van der Waals surface area (Å²) in [5.74, 6) is 0.452. The van der Waals surface area contributed by atoms with Crippen LogP contribution < -0.4 is 0 Å². The van der Waals surface area contributed by atoms with Crippen molar-refractivity contribution >= 4 is 11.8 Å². The highest BCUT2D eigenvalue weighted by Crippen LogP contribution is 2.26. The first kappa shape index (κ1) is 20.8. The molecule has 2 saturated heterocycles. The lowest BCUT2D eigenvalue weighted by molar-refractivity contribution is -0.144. The fraction of sp³-hybridized carbons (Fsp3) is 0.636. The van der Waals surface area contributed by atoms with E-state index in [4.69, 9.17) is 4.74 Å². The smallest absolute Gasteiger partial charge is 0.227 e. The maximum atomic E-state index is 13.4. The lowest BCUT2D eigenvalue weighted by Crippen LogP contribution is -2.48. The Morgan fingerprint density at radius 2 is 2.04 bits per heavy atom. The van der Waals surface area contributed by atoms with Crippen LogP contribution in [0.1, 0.15) is 44.1 Å². The molecule has 3 rings (SSSR count). The monoisotopic (exact) mass is 390 g/mol. The normalized spacial score (nSPS) is 21.2. The van der Waals surface area contributed by atoms with Crippen LogP contribution in [-0.2, 0) is 20.9 Å². The molecule has 1 aromatic rings. The van der Waals surface area contributed by atoms with E-state index in [0.717, 1.165) is 50.9 Å². The van der Waals surface area contributed by atoms with Crippen molar-refractivity contribution in [1.82, 2.24) is 9.80 Å². The number of hydrogen-bond donors (Lipinski definition) is 0. The predicted octanol–water partition coefficient (Wildman–Crippen LogP) is 3.23. The second-order valence-corrected chi connectivity index (χ2v) is 8.04. The summed E-state index contributed by atoms with van der Waals surface area (Å²) in [5.41, 5.74) is 0.762. The summed E-state index contributed by atoms with van der Waals surface area (Å²) >= 11 is 0. The SMILES string of the molecule is COCCCC1CCN(C(=O)[C@@H]2CCC(=O)N(Cc3cccc(F)c3)C2)CC1. The molecule has 0 saturated carbocycles. The zero-order valence-electron chi connectivity index (χ0n) is 16.7. The first-order chi connectivity index (χ1) is 13.6. The van der Waals surface area contributed by atoms with Crippen LogP contribution in [0, 0.1) is 17.7 Å². The van der Waals surface area contributed by atoms with E-state index >= 15 is 0 Å². The van der Waals surface area contributed by atoms with Crippen LogP contribution >= 0.6 is 0 Å². The molecule has 0 aliphatic carbocycles. The molecule has 1 atom stereocenters. The number of methoxy groups -OCH3 is 1. The lowest BCUT2D eigenvalue weighted by atomic mass is 9.90. The second-order valence-electron chi connectivity index (χ2n) is 8.04. The maximum absolute atomic E-state index is 13.4. The summed E-state index contributed by atoms with van der Waals surface area (Å²) in [5, 5.41) is 0. The average molecular weight is 390 g/mol. The second kappa shape index (κ2) is 10.0. The summed E-state index contributed by atoms with van der Waals surface area (Å²) in [6, 6.07) is 6.31. The van der Waals surface area contributed by atoms with Crippen molar-refractivity contribution in [3.63, 3.8) is 0 Å². The minimum absolute atomic E-state index is 0.0464. The van der Waals surface area contributed by atoms with E-state index in [2.05, 4.69) is 0 Å². The largest absolute Gasteiger partial charge is 0.385 e. The number of carbonyl (C=O) groups is 2. The number of rotatable bonds is 7. The van der Waals surface area contributed by atoms with Crippen molar-refractivity contribution in [2.24, 2.45) is 11.8 Å². The summed E-state index contributed by atoms with van der Waals surface area (Å²) in [7, 11) is 1.73. The molecule has 0 unspecified atom stereocenters. The third-order valence-corrected chi connectivity index (χ3v) is 6.00. The number of likely N-dealkylation sites (tertiary alicyclic amines) is 2. The average Bonchev–Trinajstić information content (AvgIpc) is 2.70. The molecule has 154 valence electrons. The summed E-state index contributed by atoms with van der Waals surface area (Å²) < 4.78 is 18.5.